The van der Waals surface area contributed by atoms with E-state index in [1.807, 2.05) is 12.1 Å². The molecule has 0 atom stereocenters. The van der Waals surface area contributed by atoms with E-state index in [0.717, 1.165) is 5.56 Å². The second-order valence-electron chi connectivity index (χ2n) is 6.77. The van der Waals surface area contributed by atoms with E-state index in [1.54, 1.807) is 47.0 Å². The highest BCUT2D eigenvalue weighted by Gasteiger charge is 2.17. The minimum Gasteiger partial charge on any atom is -0.484 e. The number of methoxy groups -OCH3 is 1. The lowest BCUT2D eigenvalue weighted by molar-refractivity contribution is -0.137. The van der Waals surface area contributed by atoms with Crippen molar-refractivity contribution in [3.63, 3.8) is 0 Å². The quantitative estimate of drug-likeness (QED) is 0.624. The maximum absolute atomic E-state index is 13.2. The molecule has 1 saturated heterocycles. The fraction of sp³-hybridized carbons (Fsp3) is 0.273. The predicted molar refractivity (Wildman–Crippen MR) is 108 cm³/mol. The molecular weight excluding hydrogens is 389 g/mol. The van der Waals surface area contributed by atoms with Gasteiger partial charge in [-0.15, -0.1) is 0 Å². The summed E-state index contributed by atoms with van der Waals surface area (Å²) in [5.41, 5.74) is 2.26. The van der Waals surface area contributed by atoms with Crippen molar-refractivity contribution in [2.75, 3.05) is 40.0 Å². The van der Waals surface area contributed by atoms with Crippen molar-refractivity contribution in [1.29, 1.82) is 0 Å². The average molecular weight is 411 g/mol. The standard InChI is InChI=1S/C22H22FN3O4/c1-28-22-14-20(24-26(22)18-6-4-17(23)5-7-18)16-2-8-19(9-3-16)30-15-21(27)25-10-12-29-13-11-25/h2-9,14H,10-13,15H2,1H3. The van der Waals surface area contributed by atoms with E-state index < -0.39 is 0 Å². The highest BCUT2D eigenvalue weighted by Crippen LogP contribution is 2.27. The Morgan fingerprint density at radius 3 is 2.47 bits per heavy atom. The molecule has 1 aromatic heterocycles. The Labute approximate surface area is 173 Å². The summed E-state index contributed by atoms with van der Waals surface area (Å²) < 4.78 is 31.1. The molecule has 0 aliphatic carbocycles. The molecule has 1 aliphatic heterocycles. The first-order valence-electron chi connectivity index (χ1n) is 9.63. The third kappa shape index (κ3) is 4.44. The van der Waals surface area contributed by atoms with Gasteiger partial charge >= 0.3 is 0 Å². The first kappa shape index (κ1) is 19.9. The minimum atomic E-state index is -0.312. The molecule has 8 heteroatoms. The Morgan fingerprint density at radius 1 is 1.10 bits per heavy atom. The molecule has 0 N–H and O–H groups in total. The van der Waals surface area contributed by atoms with Crippen molar-refractivity contribution in [3.05, 3.63) is 60.4 Å². The molecule has 3 aromatic rings. The number of hydrogen-bond acceptors (Lipinski definition) is 5. The van der Waals surface area contributed by atoms with Crippen molar-refractivity contribution in [3.8, 4) is 28.6 Å². The molecule has 0 unspecified atom stereocenters. The van der Waals surface area contributed by atoms with Gasteiger partial charge in [-0.2, -0.15) is 5.10 Å². The molecule has 30 heavy (non-hydrogen) atoms. The van der Waals surface area contributed by atoms with Gasteiger partial charge in [0.25, 0.3) is 5.91 Å². The van der Waals surface area contributed by atoms with Crippen LogP contribution in [0.5, 0.6) is 11.6 Å². The molecule has 0 saturated carbocycles. The maximum atomic E-state index is 13.2. The summed E-state index contributed by atoms with van der Waals surface area (Å²) in [6.45, 7) is 2.31. The van der Waals surface area contributed by atoms with Crippen LogP contribution in [0.4, 0.5) is 4.39 Å². The first-order chi connectivity index (χ1) is 14.6. The van der Waals surface area contributed by atoms with E-state index in [-0.39, 0.29) is 18.3 Å². The predicted octanol–water partition coefficient (Wildman–Crippen LogP) is 2.92. The molecule has 2 heterocycles. The molecule has 0 spiro atoms. The maximum Gasteiger partial charge on any atom is 0.260 e. The number of carbonyl (C=O) groups excluding carboxylic acids is 1. The first-order valence-corrected chi connectivity index (χ1v) is 9.63. The van der Waals surface area contributed by atoms with Crippen LogP contribution >= 0.6 is 0 Å². The van der Waals surface area contributed by atoms with Crippen LogP contribution in [-0.4, -0.2) is 60.6 Å². The number of hydrogen-bond donors (Lipinski definition) is 0. The van der Waals surface area contributed by atoms with Crippen LogP contribution in [0.15, 0.2) is 54.6 Å². The number of ether oxygens (including phenoxy) is 3. The number of aromatic nitrogens is 2. The van der Waals surface area contributed by atoms with Crippen molar-refractivity contribution >= 4 is 5.91 Å². The van der Waals surface area contributed by atoms with Gasteiger partial charge in [0, 0.05) is 24.7 Å². The number of benzene rings is 2. The van der Waals surface area contributed by atoms with Crippen molar-refractivity contribution < 1.29 is 23.4 Å². The van der Waals surface area contributed by atoms with Crippen molar-refractivity contribution in [1.82, 2.24) is 14.7 Å². The molecule has 4 rings (SSSR count). The topological polar surface area (TPSA) is 65.8 Å². The zero-order valence-electron chi connectivity index (χ0n) is 16.6. The van der Waals surface area contributed by atoms with Crippen molar-refractivity contribution in [2.45, 2.75) is 0 Å². The summed E-state index contributed by atoms with van der Waals surface area (Å²) in [7, 11) is 1.56. The summed E-state index contributed by atoms with van der Waals surface area (Å²) in [5, 5.41) is 4.57. The lowest BCUT2D eigenvalue weighted by atomic mass is 10.1. The van der Waals surface area contributed by atoms with Gasteiger partial charge < -0.3 is 19.1 Å². The lowest BCUT2D eigenvalue weighted by Crippen LogP contribution is -2.42. The zero-order chi connectivity index (χ0) is 20.9. The highest BCUT2D eigenvalue weighted by molar-refractivity contribution is 5.77. The molecular formula is C22H22FN3O4. The van der Waals surface area contributed by atoms with Gasteiger partial charge in [0.05, 0.1) is 31.7 Å². The van der Waals surface area contributed by atoms with Crippen LogP contribution in [0, 0.1) is 5.82 Å². The largest absolute Gasteiger partial charge is 0.484 e. The number of carbonyl (C=O) groups is 1. The van der Waals surface area contributed by atoms with Crippen LogP contribution < -0.4 is 9.47 Å². The fourth-order valence-corrected chi connectivity index (χ4v) is 3.19. The number of halogens is 1. The fourth-order valence-electron chi connectivity index (χ4n) is 3.19. The average Bonchev–Trinajstić information content (AvgIpc) is 3.23. The SMILES string of the molecule is COc1cc(-c2ccc(OCC(=O)N3CCOCC3)cc2)nn1-c1ccc(F)cc1. The number of morpholine rings is 1. The van der Waals surface area contributed by atoms with Gasteiger partial charge in [0.2, 0.25) is 5.88 Å². The minimum absolute atomic E-state index is 0.00758. The molecule has 1 amide bonds. The van der Waals surface area contributed by atoms with Crippen molar-refractivity contribution in [2.24, 2.45) is 0 Å². The molecule has 1 aliphatic rings. The van der Waals surface area contributed by atoms with Gasteiger partial charge in [-0.1, -0.05) is 0 Å². The highest BCUT2D eigenvalue weighted by atomic mass is 19.1. The molecule has 7 nitrogen and oxygen atoms in total. The smallest absolute Gasteiger partial charge is 0.260 e. The van der Waals surface area contributed by atoms with E-state index in [1.165, 1.54) is 12.1 Å². The Morgan fingerprint density at radius 2 is 1.80 bits per heavy atom. The number of amides is 1. The molecule has 2 aromatic carbocycles. The summed E-state index contributed by atoms with van der Waals surface area (Å²) in [4.78, 5) is 13.9. The van der Waals surface area contributed by atoms with E-state index in [0.29, 0.717) is 49.3 Å². The van der Waals surface area contributed by atoms with Gasteiger partial charge in [-0.25, -0.2) is 9.07 Å². The van der Waals surface area contributed by atoms with E-state index >= 15 is 0 Å². The number of rotatable bonds is 6. The Kier molecular flexibility index (Phi) is 5.94. The van der Waals surface area contributed by atoms with E-state index in [4.69, 9.17) is 14.2 Å². The van der Waals surface area contributed by atoms with Crippen LogP contribution in [0.1, 0.15) is 0 Å². The third-order valence-electron chi connectivity index (χ3n) is 4.83. The van der Waals surface area contributed by atoms with Gasteiger partial charge in [-0.05, 0) is 48.5 Å². The summed E-state index contributed by atoms with van der Waals surface area (Å²) in [5.74, 6) is 0.774. The molecule has 0 radical (unpaired) electrons. The Balaban J connectivity index is 1.45. The van der Waals surface area contributed by atoms with Gasteiger partial charge in [0.1, 0.15) is 11.6 Å². The molecule has 156 valence electrons. The van der Waals surface area contributed by atoms with Gasteiger partial charge in [0.15, 0.2) is 6.61 Å². The third-order valence-corrected chi connectivity index (χ3v) is 4.83. The van der Waals surface area contributed by atoms with E-state index in [9.17, 15) is 9.18 Å². The summed E-state index contributed by atoms with van der Waals surface area (Å²) in [6.07, 6.45) is 0. The second-order valence-corrected chi connectivity index (χ2v) is 6.77. The van der Waals surface area contributed by atoms with Crippen LogP contribution in [0.2, 0.25) is 0 Å². The second kappa shape index (κ2) is 8.96. The Bertz CT molecular complexity index is 996. The lowest BCUT2D eigenvalue weighted by Gasteiger charge is -2.26. The zero-order valence-corrected chi connectivity index (χ0v) is 16.6. The monoisotopic (exact) mass is 411 g/mol. The van der Waals surface area contributed by atoms with Crippen LogP contribution in [-0.2, 0) is 9.53 Å². The van der Waals surface area contributed by atoms with Crippen LogP contribution in [0.3, 0.4) is 0 Å². The van der Waals surface area contributed by atoms with Gasteiger partial charge in [-0.3, -0.25) is 4.79 Å². The normalized spacial score (nSPS) is 13.9. The summed E-state index contributed by atoms with van der Waals surface area (Å²) >= 11 is 0. The number of nitrogens with zero attached hydrogens (tertiary/aromatic N) is 3. The van der Waals surface area contributed by atoms with E-state index in [2.05, 4.69) is 5.10 Å². The molecule has 0 bridgehead atoms. The van der Waals surface area contributed by atoms with Crippen LogP contribution in [0.25, 0.3) is 16.9 Å². The Hall–Kier alpha value is -3.39. The molecule has 1 fully saturated rings. The summed E-state index contributed by atoms with van der Waals surface area (Å²) in [6, 6.07) is 15.2.